The number of benzene rings is 1. The number of ether oxygens (including phenoxy) is 1. The fourth-order valence-corrected chi connectivity index (χ4v) is 2.54. The molecule has 1 N–H and O–H groups in total. The molecule has 22 heavy (non-hydrogen) atoms. The van der Waals surface area contributed by atoms with Gasteiger partial charge in [0.15, 0.2) is 0 Å². The van der Waals surface area contributed by atoms with Gasteiger partial charge in [0.25, 0.3) is 0 Å². The molecule has 1 rings (SSSR count). The van der Waals surface area contributed by atoms with Gasteiger partial charge in [0, 0.05) is 0 Å². The van der Waals surface area contributed by atoms with Gasteiger partial charge in [0.1, 0.15) is 5.75 Å². The molecule has 0 unspecified atom stereocenters. The van der Waals surface area contributed by atoms with Crippen LogP contribution >= 0.6 is 0 Å². The maximum absolute atomic E-state index is 10.9. The Bertz CT molecular complexity index is 411. The summed E-state index contributed by atoms with van der Waals surface area (Å²) in [5.74, 6) is -0.121. The van der Waals surface area contributed by atoms with Crippen LogP contribution in [0.5, 0.6) is 5.75 Å². The molecule has 0 bridgehead atoms. The van der Waals surface area contributed by atoms with Gasteiger partial charge in [-0.25, -0.2) is 4.79 Å². The normalized spacial score (nSPS) is 12.1. The molecule has 3 nitrogen and oxygen atoms in total. The minimum atomic E-state index is -0.898. The number of aromatic carboxylic acids is 1. The first-order valence-corrected chi connectivity index (χ1v) is 8.67. The van der Waals surface area contributed by atoms with Gasteiger partial charge in [-0.1, -0.05) is 52.4 Å². The molecule has 1 aromatic carbocycles. The quantitative estimate of drug-likeness (QED) is 0.505. The van der Waals surface area contributed by atoms with Crippen LogP contribution in [0.3, 0.4) is 0 Å². The Morgan fingerprint density at radius 3 is 2.14 bits per heavy atom. The summed E-state index contributed by atoms with van der Waals surface area (Å²) in [6, 6.07) is 6.74. The van der Waals surface area contributed by atoms with E-state index in [1.807, 2.05) is 0 Å². The first-order valence-electron chi connectivity index (χ1n) is 8.67. The van der Waals surface area contributed by atoms with Crippen LogP contribution in [0.15, 0.2) is 24.3 Å². The third-order valence-corrected chi connectivity index (χ3v) is 3.91. The lowest BCUT2D eigenvalue weighted by molar-refractivity contribution is 0.0697. The lowest BCUT2D eigenvalue weighted by atomic mass is 10.0. The van der Waals surface area contributed by atoms with Crippen LogP contribution in [-0.4, -0.2) is 17.2 Å². The van der Waals surface area contributed by atoms with E-state index in [2.05, 4.69) is 13.8 Å². The van der Waals surface area contributed by atoms with Crippen molar-refractivity contribution in [2.75, 3.05) is 0 Å². The van der Waals surface area contributed by atoms with Crippen LogP contribution in [-0.2, 0) is 0 Å². The first kappa shape index (κ1) is 18.5. The van der Waals surface area contributed by atoms with Crippen LogP contribution < -0.4 is 4.74 Å². The van der Waals surface area contributed by atoms with Gasteiger partial charge in [-0.3, -0.25) is 0 Å². The number of carboxylic acid groups (broad SMARTS) is 1. The van der Waals surface area contributed by atoms with E-state index in [0.29, 0.717) is 5.56 Å². The van der Waals surface area contributed by atoms with Crippen molar-refractivity contribution in [3.63, 3.8) is 0 Å². The van der Waals surface area contributed by atoms with Gasteiger partial charge < -0.3 is 9.84 Å². The van der Waals surface area contributed by atoms with Crippen LogP contribution in [0.1, 0.15) is 82.0 Å². The Morgan fingerprint density at radius 1 is 0.955 bits per heavy atom. The van der Waals surface area contributed by atoms with E-state index in [1.54, 1.807) is 24.3 Å². The summed E-state index contributed by atoms with van der Waals surface area (Å²) in [7, 11) is 0. The van der Waals surface area contributed by atoms with Crippen molar-refractivity contribution in [3.05, 3.63) is 29.8 Å². The number of hydrogen-bond donors (Lipinski definition) is 1. The minimum Gasteiger partial charge on any atom is -0.490 e. The van der Waals surface area contributed by atoms with Crippen molar-refractivity contribution in [1.29, 1.82) is 0 Å². The Hall–Kier alpha value is -1.51. The second kappa shape index (κ2) is 11.1. The van der Waals surface area contributed by atoms with E-state index >= 15 is 0 Å². The topological polar surface area (TPSA) is 46.5 Å². The van der Waals surface area contributed by atoms with Crippen molar-refractivity contribution >= 4 is 5.97 Å². The average Bonchev–Trinajstić information content (AvgIpc) is 2.52. The van der Waals surface area contributed by atoms with Crippen molar-refractivity contribution < 1.29 is 14.6 Å². The van der Waals surface area contributed by atoms with Gasteiger partial charge in [-0.2, -0.15) is 0 Å². The first-order chi connectivity index (χ1) is 10.7. The average molecular weight is 306 g/mol. The fourth-order valence-electron chi connectivity index (χ4n) is 2.54. The molecule has 0 aromatic heterocycles. The lowest BCUT2D eigenvalue weighted by Gasteiger charge is -2.19. The number of rotatable bonds is 12. The SMILES string of the molecule is CCCCCCC[C@@H](CCCC)Oc1ccc(C(=O)O)cc1. The van der Waals surface area contributed by atoms with Crippen molar-refractivity contribution in [2.45, 2.75) is 77.7 Å². The van der Waals surface area contributed by atoms with Crippen molar-refractivity contribution in [3.8, 4) is 5.75 Å². The highest BCUT2D eigenvalue weighted by Crippen LogP contribution is 2.20. The largest absolute Gasteiger partial charge is 0.490 e. The summed E-state index contributed by atoms with van der Waals surface area (Å²) < 4.78 is 6.06. The molecule has 3 heteroatoms. The highest BCUT2D eigenvalue weighted by atomic mass is 16.5. The number of unbranched alkanes of at least 4 members (excludes halogenated alkanes) is 5. The molecule has 0 fully saturated rings. The molecule has 0 aliphatic heterocycles. The molecule has 0 aliphatic rings. The summed E-state index contributed by atoms with van der Waals surface area (Å²) in [5, 5.41) is 8.92. The number of hydrogen-bond acceptors (Lipinski definition) is 2. The smallest absolute Gasteiger partial charge is 0.335 e. The molecule has 0 saturated heterocycles. The van der Waals surface area contributed by atoms with Crippen molar-refractivity contribution in [2.24, 2.45) is 0 Å². The maximum Gasteiger partial charge on any atom is 0.335 e. The molecule has 0 heterocycles. The molecule has 124 valence electrons. The van der Waals surface area contributed by atoms with Crippen molar-refractivity contribution in [1.82, 2.24) is 0 Å². The Balaban J connectivity index is 2.46. The van der Waals surface area contributed by atoms with Gasteiger partial charge in [-0.05, 0) is 43.5 Å². The zero-order valence-electron chi connectivity index (χ0n) is 14.0. The summed E-state index contributed by atoms with van der Waals surface area (Å²) in [6.07, 6.45) is 11.1. The van der Waals surface area contributed by atoms with Gasteiger partial charge in [0.2, 0.25) is 0 Å². The molecular formula is C19H30O3. The molecule has 0 spiro atoms. The van der Waals surface area contributed by atoms with Crippen LogP contribution in [0.25, 0.3) is 0 Å². The second-order valence-electron chi connectivity index (χ2n) is 5.91. The van der Waals surface area contributed by atoms with Gasteiger partial charge in [-0.15, -0.1) is 0 Å². The Morgan fingerprint density at radius 2 is 1.55 bits per heavy atom. The fraction of sp³-hybridized carbons (Fsp3) is 0.632. The van der Waals surface area contributed by atoms with E-state index in [9.17, 15) is 4.79 Å². The third kappa shape index (κ3) is 7.48. The zero-order chi connectivity index (χ0) is 16.2. The van der Waals surface area contributed by atoms with E-state index in [0.717, 1.165) is 18.6 Å². The summed E-state index contributed by atoms with van der Waals surface area (Å²) in [4.78, 5) is 10.9. The summed E-state index contributed by atoms with van der Waals surface area (Å²) in [6.45, 7) is 4.42. The molecule has 1 aromatic rings. The number of carboxylic acids is 1. The summed E-state index contributed by atoms with van der Waals surface area (Å²) >= 11 is 0. The number of carbonyl (C=O) groups is 1. The molecule has 1 atom stereocenters. The molecule has 0 amide bonds. The highest BCUT2D eigenvalue weighted by molar-refractivity contribution is 5.87. The van der Waals surface area contributed by atoms with Crippen LogP contribution in [0.2, 0.25) is 0 Å². The Labute approximate surface area is 134 Å². The lowest BCUT2D eigenvalue weighted by Crippen LogP contribution is -2.16. The monoisotopic (exact) mass is 306 g/mol. The molecular weight excluding hydrogens is 276 g/mol. The standard InChI is InChI=1S/C19H30O3/c1-3-5-7-8-9-11-17(10-6-4-2)22-18-14-12-16(13-15-18)19(20)21/h12-15,17H,3-11H2,1-2H3,(H,20,21)/t17-/m1/s1. The van der Waals surface area contributed by atoms with E-state index in [-0.39, 0.29) is 6.10 Å². The predicted octanol–water partition coefficient (Wildman–Crippen LogP) is 5.68. The van der Waals surface area contributed by atoms with Gasteiger partial charge >= 0.3 is 5.97 Å². The predicted molar refractivity (Wildman–Crippen MR) is 90.7 cm³/mol. The minimum absolute atomic E-state index is 0.247. The van der Waals surface area contributed by atoms with Gasteiger partial charge in [0.05, 0.1) is 11.7 Å². The molecule has 0 radical (unpaired) electrons. The third-order valence-electron chi connectivity index (χ3n) is 3.91. The molecule has 0 saturated carbocycles. The van der Waals surface area contributed by atoms with E-state index in [1.165, 1.54) is 44.9 Å². The van der Waals surface area contributed by atoms with Crippen LogP contribution in [0.4, 0.5) is 0 Å². The molecule has 0 aliphatic carbocycles. The maximum atomic E-state index is 10.9. The van der Waals surface area contributed by atoms with E-state index in [4.69, 9.17) is 9.84 Å². The Kier molecular flexibility index (Phi) is 9.36. The second-order valence-corrected chi connectivity index (χ2v) is 5.91. The summed E-state index contributed by atoms with van der Waals surface area (Å²) in [5.41, 5.74) is 0.303. The zero-order valence-corrected chi connectivity index (χ0v) is 14.0. The van der Waals surface area contributed by atoms with Crippen LogP contribution in [0, 0.1) is 0 Å². The highest BCUT2D eigenvalue weighted by Gasteiger charge is 2.11. The van der Waals surface area contributed by atoms with E-state index < -0.39 is 5.97 Å².